The number of carbonyl (C=O) groups is 1. The second-order valence-electron chi connectivity index (χ2n) is 3.59. The molecule has 0 bridgehead atoms. The van der Waals surface area contributed by atoms with Crippen molar-refractivity contribution in [1.82, 2.24) is 0 Å². The van der Waals surface area contributed by atoms with Gasteiger partial charge < -0.3 is 5.32 Å². The molecule has 2 rings (SSSR count). The molecule has 0 unspecified atom stereocenters. The molecule has 0 aromatic heterocycles. The second kappa shape index (κ2) is 5.50. The third-order valence-corrected chi connectivity index (χ3v) is 3.18. The highest BCUT2D eigenvalue weighted by Crippen LogP contribution is 2.20. The van der Waals surface area contributed by atoms with Crippen molar-refractivity contribution in [2.24, 2.45) is 0 Å². The van der Waals surface area contributed by atoms with Crippen LogP contribution in [0.5, 0.6) is 0 Å². The minimum Gasteiger partial charge on any atom is -0.322 e. The smallest absolute Gasteiger partial charge is 0.255 e. The fourth-order valence-electron chi connectivity index (χ4n) is 1.38. The van der Waals surface area contributed by atoms with Crippen LogP contribution >= 0.6 is 27.5 Å². The molecule has 0 fully saturated rings. The van der Waals surface area contributed by atoms with E-state index in [1.807, 2.05) is 0 Å². The fraction of sp³-hybridized carbons (Fsp3) is 0. The number of halogens is 3. The third-order valence-electron chi connectivity index (χ3n) is 2.28. The van der Waals surface area contributed by atoms with Crippen LogP contribution in [0.25, 0.3) is 0 Å². The van der Waals surface area contributed by atoms with Crippen molar-refractivity contribution in [2.45, 2.75) is 0 Å². The predicted octanol–water partition coefficient (Wildman–Crippen LogP) is 4.49. The predicted molar refractivity (Wildman–Crippen MR) is 73.5 cm³/mol. The van der Waals surface area contributed by atoms with Gasteiger partial charge in [0.25, 0.3) is 5.91 Å². The standard InChI is InChI=1S/C13H8BrClFNO/c14-11-6-5-10(7-12(11)16)17-13(18)8-1-3-9(15)4-2-8/h1-7H,(H,17,18). The van der Waals surface area contributed by atoms with E-state index in [0.29, 0.717) is 20.7 Å². The van der Waals surface area contributed by atoms with Gasteiger partial charge in [-0.05, 0) is 58.4 Å². The average molecular weight is 329 g/mol. The summed E-state index contributed by atoms with van der Waals surface area (Å²) in [5, 5.41) is 3.16. The quantitative estimate of drug-likeness (QED) is 0.864. The highest BCUT2D eigenvalue weighted by atomic mass is 79.9. The molecule has 0 saturated heterocycles. The Balaban J connectivity index is 2.16. The molecule has 0 heterocycles. The number of rotatable bonds is 2. The summed E-state index contributed by atoms with van der Waals surface area (Å²) in [6.07, 6.45) is 0. The zero-order chi connectivity index (χ0) is 13.1. The van der Waals surface area contributed by atoms with Crippen molar-refractivity contribution in [2.75, 3.05) is 5.32 Å². The van der Waals surface area contributed by atoms with Gasteiger partial charge in [0.15, 0.2) is 0 Å². The molecule has 18 heavy (non-hydrogen) atoms. The summed E-state index contributed by atoms with van der Waals surface area (Å²) in [6, 6.07) is 10.8. The molecule has 2 aromatic rings. The molecule has 0 radical (unpaired) electrons. The van der Waals surface area contributed by atoms with Gasteiger partial charge in [0.2, 0.25) is 0 Å². The summed E-state index contributed by atoms with van der Waals surface area (Å²) in [4.78, 5) is 11.8. The van der Waals surface area contributed by atoms with Crippen LogP contribution in [0.2, 0.25) is 5.02 Å². The summed E-state index contributed by atoms with van der Waals surface area (Å²) in [7, 11) is 0. The van der Waals surface area contributed by atoms with E-state index < -0.39 is 5.82 Å². The van der Waals surface area contributed by atoms with Gasteiger partial charge in [-0.1, -0.05) is 11.6 Å². The minimum atomic E-state index is -0.427. The van der Waals surface area contributed by atoms with Gasteiger partial charge in [0.1, 0.15) is 5.82 Å². The van der Waals surface area contributed by atoms with Crippen LogP contribution in [0.15, 0.2) is 46.9 Å². The zero-order valence-corrected chi connectivity index (χ0v) is 11.4. The first-order chi connectivity index (χ1) is 8.56. The number of hydrogen-bond acceptors (Lipinski definition) is 1. The van der Waals surface area contributed by atoms with Crippen molar-refractivity contribution in [3.05, 3.63) is 63.3 Å². The third kappa shape index (κ3) is 3.09. The Kier molecular flexibility index (Phi) is 3.99. The molecule has 0 spiro atoms. The lowest BCUT2D eigenvalue weighted by atomic mass is 10.2. The molecule has 0 atom stereocenters. The van der Waals surface area contributed by atoms with Crippen LogP contribution in [0.4, 0.5) is 10.1 Å². The Bertz CT molecular complexity index is 586. The van der Waals surface area contributed by atoms with Gasteiger partial charge in [0.05, 0.1) is 4.47 Å². The average Bonchev–Trinajstić information content (AvgIpc) is 2.34. The Hall–Kier alpha value is -1.39. The van der Waals surface area contributed by atoms with Crippen LogP contribution < -0.4 is 5.32 Å². The largest absolute Gasteiger partial charge is 0.322 e. The van der Waals surface area contributed by atoms with E-state index in [9.17, 15) is 9.18 Å². The van der Waals surface area contributed by atoms with Crippen LogP contribution in [0.3, 0.4) is 0 Å². The van der Waals surface area contributed by atoms with Crippen molar-refractivity contribution in [3.63, 3.8) is 0 Å². The van der Waals surface area contributed by atoms with Gasteiger partial charge in [-0.15, -0.1) is 0 Å². The number of carbonyl (C=O) groups excluding carboxylic acids is 1. The first-order valence-electron chi connectivity index (χ1n) is 5.08. The molecular formula is C13H8BrClFNO. The summed E-state index contributed by atoms with van der Waals surface area (Å²) in [5.41, 5.74) is 0.860. The molecule has 1 amide bonds. The number of amides is 1. The number of benzene rings is 2. The highest BCUT2D eigenvalue weighted by molar-refractivity contribution is 9.10. The molecule has 2 nitrogen and oxygen atoms in total. The summed E-state index contributed by atoms with van der Waals surface area (Å²) in [5.74, 6) is -0.739. The Morgan fingerprint density at radius 3 is 2.44 bits per heavy atom. The first-order valence-corrected chi connectivity index (χ1v) is 6.25. The van der Waals surface area contributed by atoms with Crippen LogP contribution in [0, 0.1) is 5.82 Å². The first kappa shape index (κ1) is 13.1. The monoisotopic (exact) mass is 327 g/mol. The van der Waals surface area contributed by atoms with Gasteiger partial charge in [-0.3, -0.25) is 4.79 Å². The molecule has 5 heteroatoms. The fourth-order valence-corrected chi connectivity index (χ4v) is 1.75. The van der Waals surface area contributed by atoms with Crippen LogP contribution in [-0.4, -0.2) is 5.91 Å². The van der Waals surface area contributed by atoms with E-state index in [-0.39, 0.29) is 5.91 Å². The second-order valence-corrected chi connectivity index (χ2v) is 4.88. The maximum atomic E-state index is 13.3. The maximum Gasteiger partial charge on any atom is 0.255 e. The molecule has 0 aliphatic heterocycles. The van der Waals surface area contributed by atoms with E-state index in [1.54, 1.807) is 30.3 Å². The summed E-state index contributed by atoms with van der Waals surface area (Å²) >= 11 is 8.77. The maximum absolute atomic E-state index is 13.3. The van der Waals surface area contributed by atoms with E-state index >= 15 is 0 Å². The number of anilines is 1. The van der Waals surface area contributed by atoms with E-state index in [0.717, 1.165) is 0 Å². The Morgan fingerprint density at radius 1 is 1.17 bits per heavy atom. The lowest BCUT2D eigenvalue weighted by molar-refractivity contribution is 0.102. The topological polar surface area (TPSA) is 29.1 Å². The van der Waals surface area contributed by atoms with Crippen molar-refractivity contribution in [3.8, 4) is 0 Å². The highest BCUT2D eigenvalue weighted by Gasteiger charge is 2.07. The lowest BCUT2D eigenvalue weighted by Crippen LogP contribution is -2.11. The molecule has 0 aliphatic carbocycles. The molecular weight excluding hydrogens is 321 g/mol. The van der Waals surface area contributed by atoms with Crippen LogP contribution in [-0.2, 0) is 0 Å². The van der Waals surface area contributed by atoms with Crippen molar-refractivity contribution >= 4 is 39.1 Å². The Morgan fingerprint density at radius 2 is 1.83 bits per heavy atom. The van der Waals surface area contributed by atoms with Crippen LogP contribution in [0.1, 0.15) is 10.4 Å². The van der Waals surface area contributed by atoms with E-state index in [4.69, 9.17) is 11.6 Å². The molecule has 92 valence electrons. The number of hydrogen-bond donors (Lipinski definition) is 1. The number of nitrogens with one attached hydrogen (secondary N) is 1. The van der Waals surface area contributed by atoms with Gasteiger partial charge in [-0.2, -0.15) is 0 Å². The van der Waals surface area contributed by atoms with Crippen molar-refractivity contribution < 1.29 is 9.18 Å². The Labute approximate surface area is 117 Å². The SMILES string of the molecule is O=C(Nc1ccc(Br)c(F)c1)c1ccc(Cl)cc1. The van der Waals surface area contributed by atoms with Gasteiger partial charge in [-0.25, -0.2) is 4.39 Å². The van der Waals surface area contributed by atoms with E-state index in [2.05, 4.69) is 21.2 Å². The molecule has 1 N–H and O–H groups in total. The van der Waals surface area contributed by atoms with Gasteiger partial charge in [0, 0.05) is 16.3 Å². The van der Waals surface area contributed by atoms with E-state index in [1.165, 1.54) is 12.1 Å². The lowest BCUT2D eigenvalue weighted by Gasteiger charge is -2.06. The van der Waals surface area contributed by atoms with Crippen molar-refractivity contribution in [1.29, 1.82) is 0 Å². The molecule has 0 saturated carbocycles. The zero-order valence-electron chi connectivity index (χ0n) is 9.08. The molecule has 0 aliphatic rings. The normalized spacial score (nSPS) is 10.2. The summed E-state index contributed by atoms with van der Waals surface area (Å²) < 4.78 is 13.6. The summed E-state index contributed by atoms with van der Waals surface area (Å²) in [6.45, 7) is 0. The minimum absolute atomic E-state index is 0.312. The molecule has 2 aromatic carbocycles. The van der Waals surface area contributed by atoms with Gasteiger partial charge >= 0.3 is 0 Å².